The van der Waals surface area contributed by atoms with Gasteiger partial charge in [-0.15, -0.1) is 0 Å². The number of hydrogen-bond donors (Lipinski definition) is 3. The van der Waals surface area contributed by atoms with Crippen molar-refractivity contribution in [3.63, 3.8) is 0 Å². The summed E-state index contributed by atoms with van der Waals surface area (Å²) in [6.45, 7) is 0.686. The molecule has 0 saturated heterocycles. The highest BCUT2D eigenvalue weighted by Crippen LogP contribution is 2.22. The molecule has 27 heavy (non-hydrogen) atoms. The van der Waals surface area contributed by atoms with E-state index in [1.165, 1.54) is 0 Å². The molecule has 0 unspecified atom stereocenters. The molecule has 0 saturated carbocycles. The first kappa shape index (κ1) is 18.8. The van der Waals surface area contributed by atoms with E-state index in [1.807, 2.05) is 36.4 Å². The Morgan fingerprint density at radius 2 is 1.70 bits per heavy atom. The van der Waals surface area contributed by atoms with Crippen LogP contribution in [0.4, 0.5) is 4.79 Å². The van der Waals surface area contributed by atoms with E-state index in [-0.39, 0.29) is 5.91 Å². The number of benzene rings is 3. The zero-order chi connectivity index (χ0) is 19.1. The fourth-order valence-electron chi connectivity index (χ4n) is 2.59. The average molecular weight is 382 g/mol. The monoisotopic (exact) mass is 382 g/mol. The molecule has 3 aromatic rings. The molecule has 0 heterocycles. The van der Waals surface area contributed by atoms with Crippen molar-refractivity contribution in [2.45, 2.75) is 4.90 Å². The third kappa shape index (κ3) is 4.99. The second kappa shape index (κ2) is 9.07. The standard InChI is InChI=1S/C20H18N2O4S/c23-19(18-7-3-5-14-4-1-2-6-17(14)18)21-12-13-26-15-8-10-16(11-9-15)27-20(24)22-25/h1-11,25H,12-13H2,(H,21,23)(H,22,24). The van der Waals surface area contributed by atoms with E-state index in [1.54, 1.807) is 35.8 Å². The molecule has 0 spiro atoms. The third-order valence-corrected chi connectivity index (χ3v) is 4.60. The lowest BCUT2D eigenvalue weighted by atomic mass is 10.0. The van der Waals surface area contributed by atoms with Crippen LogP contribution in [0.25, 0.3) is 10.8 Å². The fraction of sp³-hybridized carbons (Fsp3) is 0.100. The molecule has 0 aliphatic rings. The number of rotatable bonds is 6. The molecule has 0 bridgehead atoms. The maximum absolute atomic E-state index is 12.4. The summed E-state index contributed by atoms with van der Waals surface area (Å²) in [7, 11) is 0. The van der Waals surface area contributed by atoms with Crippen LogP contribution in [0.15, 0.2) is 71.6 Å². The molecule has 138 valence electrons. The van der Waals surface area contributed by atoms with Gasteiger partial charge in [0.1, 0.15) is 12.4 Å². The Morgan fingerprint density at radius 3 is 2.48 bits per heavy atom. The average Bonchev–Trinajstić information content (AvgIpc) is 2.71. The Hall–Kier alpha value is -3.03. The van der Waals surface area contributed by atoms with Gasteiger partial charge < -0.3 is 10.1 Å². The van der Waals surface area contributed by atoms with Gasteiger partial charge >= 0.3 is 5.24 Å². The Kier molecular flexibility index (Phi) is 6.30. The van der Waals surface area contributed by atoms with Crippen LogP contribution in [-0.4, -0.2) is 29.5 Å². The maximum Gasteiger partial charge on any atom is 0.307 e. The lowest BCUT2D eigenvalue weighted by molar-refractivity contribution is 0.0948. The number of nitrogens with one attached hydrogen (secondary N) is 2. The molecule has 0 aliphatic heterocycles. The minimum atomic E-state index is -0.556. The van der Waals surface area contributed by atoms with E-state index in [0.717, 1.165) is 22.5 Å². The molecule has 0 radical (unpaired) electrons. The second-order valence-electron chi connectivity index (χ2n) is 5.60. The molecule has 3 N–H and O–H groups in total. The topological polar surface area (TPSA) is 87.7 Å². The van der Waals surface area contributed by atoms with Crippen molar-refractivity contribution in [1.82, 2.24) is 10.8 Å². The summed E-state index contributed by atoms with van der Waals surface area (Å²) in [5, 5.41) is 12.7. The highest BCUT2D eigenvalue weighted by molar-refractivity contribution is 8.13. The van der Waals surface area contributed by atoms with Crippen molar-refractivity contribution >= 4 is 33.7 Å². The van der Waals surface area contributed by atoms with Crippen molar-refractivity contribution < 1.29 is 19.5 Å². The van der Waals surface area contributed by atoms with Crippen molar-refractivity contribution in [2.75, 3.05) is 13.2 Å². The molecule has 6 nitrogen and oxygen atoms in total. The van der Waals surface area contributed by atoms with Gasteiger partial charge in [0.25, 0.3) is 5.91 Å². The van der Waals surface area contributed by atoms with Gasteiger partial charge in [0.15, 0.2) is 0 Å². The predicted molar refractivity (Wildman–Crippen MR) is 104 cm³/mol. The van der Waals surface area contributed by atoms with Crippen molar-refractivity contribution in [1.29, 1.82) is 0 Å². The van der Waals surface area contributed by atoms with Gasteiger partial charge in [0.05, 0.1) is 6.54 Å². The van der Waals surface area contributed by atoms with E-state index < -0.39 is 5.24 Å². The number of thioether (sulfide) groups is 1. The van der Waals surface area contributed by atoms with Crippen LogP contribution < -0.4 is 15.5 Å². The van der Waals surface area contributed by atoms with Gasteiger partial charge in [-0.1, -0.05) is 36.4 Å². The first-order chi connectivity index (χ1) is 13.2. The Bertz CT molecular complexity index is 939. The summed E-state index contributed by atoms with van der Waals surface area (Å²) < 4.78 is 5.59. The van der Waals surface area contributed by atoms with Crippen LogP contribution in [-0.2, 0) is 0 Å². The quantitative estimate of drug-likeness (QED) is 0.261. The molecule has 2 amide bonds. The van der Waals surface area contributed by atoms with Crippen LogP contribution in [0, 0.1) is 0 Å². The van der Waals surface area contributed by atoms with E-state index in [0.29, 0.717) is 29.4 Å². The fourth-order valence-corrected chi connectivity index (χ4v) is 3.12. The van der Waals surface area contributed by atoms with Gasteiger partial charge in [-0.3, -0.25) is 14.8 Å². The van der Waals surface area contributed by atoms with Crippen molar-refractivity contribution in [2.24, 2.45) is 0 Å². The van der Waals surface area contributed by atoms with Gasteiger partial charge in [0, 0.05) is 10.5 Å². The van der Waals surface area contributed by atoms with E-state index >= 15 is 0 Å². The molecular formula is C20H18N2O4S. The van der Waals surface area contributed by atoms with Crippen LogP contribution in [0.2, 0.25) is 0 Å². The summed E-state index contributed by atoms with van der Waals surface area (Å²) in [4.78, 5) is 24.2. The molecule has 3 rings (SSSR count). The number of amides is 2. The SMILES string of the molecule is O=C(NO)Sc1ccc(OCCNC(=O)c2cccc3ccccc23)cc1. The number of hydroxylamine groups is 1. The van der Waals surface area contributed by atoms with Crippen molar-refractivity contribution in [3.8, 4) is 5.75 Å². The van der Waals surface area contributed by atoms with Gasteiger partial charge in [-0.2, -0.15) is 0 Å². The zero-order valence-corrected chi connectivity index (χ0v) is 15.2. The Morgan fingerprint density at radius 1 is 0.963 bits per heavy atom. The first-order valence-corrected chi connectivity index (χ1v) is 9.10. The molecule has 0 aromatic heterocycles. The minimum absolute atomic E-state index is 0.142. The molecule has 0 aliphatic carbocycles. The highest BCUT2D eigenvalue weighted by atomic mass is 32.2. The zero-order valence-electron chi connectivity index (χ0n) is 14.3. The number of carbonyl (C=O) groups excluding carboxylic acids is 2. The molecule has 0 fully saturated rings. The smallest absolute Gasteiger partial charge is 0.307 e. The van der Waals surface area contributed by atoms with E-state index in [9.17, 15) is 9.59 Å². The number of ether oxygens (including phenoxy) is 1. The molecule has 0 atom stereocenters. The van der Waals surface area contributed by atoms with Gasteiger partial charge in [-0.25, -0.2) is 5.48 Å². The van der Waals surface area contributed by atoms with Crippen LogP contribution in [0.3, 0.4) is 0 Å². The molecule has 7 heteroatoms. The first-order valence-electron chi connectivity index (χ1n) is 8.28. The summed E-state index contributed by atoms with van der Waals surface area (Å²) in [6.07, 6.45) is 0. The lowest BCUT2D eigenvalue weighted by Crippen LogP contribution is -2.28. The van der Waals surface area contributed by atoms with Crippen LogP contribution in [0.5, 0.6) is 5.75 Å². The van der Waals surface area contributed by atoms with Crippen molar-refractivity contribution in [3.05, 3.63) is 72.3 Å². The van der Waals surface area contributed by atoms with Gasteiger partial charge in [0.2, 0.25) is 0 Å². The highest BCUT2D eigenvalue weighted by Gasteiger charge is 2.09. The second-order valence-corrected chi connectivity index (χ2v) is 6.65. The maximum atomic E-state index is 12.4. The molecule has 3 aromatic carbocycles. The van der Waals surface area contributed by atoms with Crippen LogP contribution >= 0.6 is 11.8 Å². The lowest BCUT2D eigenvalue weighted by Gasteiger charge is -2.10. The third-order valence-electron chi connectivity index (χ3n) is 3.82. The number of hydrogen-bond acceptors (Lipinski definition) is 5. The van der Waals surface area contributed by atoms with E-state index in [2.05, 4.69) is 5.32 Å². The predicted octanol–water partition coefficient (Wildman–Crippen LogP) is 3.84. The summed E-state index contributed by atoms with van der Waals surface area (Å²) in [6, 6.07) is 20.3. The summed E-state index contributed by atoms with van der Waals surface area (Å²) >= 11 is 0.870. The number of carbonyl (C=O) groups is 2. The summed E-state index contributed by atoms with van der Waals surface area (Å²) in [5.41, 5.74) is 2.19. The Balaban J connectivity index is 1.50. The number of fused-ring (bicyclic) bond motifs is 1. The minimum Gasteiger partial charge on any atom is -0.492 e. The van der Waals surface area contributed by atoms with Crippen LogP contribution in [0.1, 0.15) is 10.4 Å². The van der Waals surface area contributed by atoms with E-state index in [4.69, 9.17) is 9.94 Å². The largest absolute Gasteiger partial charge is 0.492 e. The van der Waals surface area contributed by atoms with Gasteiger partial charge in [-0.05, 0) is 52.9 Å². The Labute approximate surface area is 160 Å². The normalized spacial score (nSPS) is 10.4. The molecular weight excluding hydrogens is 364 g/mol. The summed E-state index contributed by atoms with van der Waals surface area (Å²) in [5.74, 6) is 0.486.